The van der Waals surface area contributed by atoms with E-state index in [-0.39, 0.29) is 48.0 Å². The number of nitrogens with one attached hydrogen (secondary N) is 1. The highest BCUT2D eigenvalue weighted by molar-refractivity contribution is 7.89. The fraction of sp³-hybridized carbons (Fsp3) is 0.391. The summed E-state index contributed by atoms with van der Waals surface area (Å²) < 4.78 is 27.3. The minimum Gasteiger partial charge on any atom is -0.339 e. The molecule has 32 heavy (non-hydrogen) atoms. The summed E-state index contributed by atoms with van der Waals surface area (Å²) in [6.45, 7) is 5.33. The van der Waals surface area contributed by atoms with Crippen LogP contribution in [0.3, 0.4) is 0 Å². The van der Waals surface area contributed by atoms with Crippen molar-refractivity contribution in [3.8, 4) is 6.07 Å². The molecule has 1 amide bonds. The van der Waals surface area contributed by atoms with Crippen molar-refractivity contribution < 1.29 is 13.2 Å². The molecule has 0 aliphatic carbocycles. The predicted molar refractivity (Wildman–Crippen MR) is 124 cm³/mol. The second-order valence-electron chi connectivity index (χ2n) is 8.05. The number of nitriles is 1. The van der Waals surface area contributed by atoms with Crippen LogP contribution in [0.15, 0.2) is 53.4 Å². The molecule has 1 fully saturated rings. The number of halogens is 1. The largest absolute Gasteiger partial charge is 0.339 e. The molecular formula is C23H27ClN4O3S. The lowest BCUT2D eigenvalue weighted by atomic mass is 9.96. The number of nitrogens with zero attached hydrogens (tertiary/aromatic N) is 3. The first-order chi connectivity index (χ1) is 15.2. The molecule has 9 heteroatoms. The maximum absolute atomic E-state index is 13.0. The first kappa shape index (κ1) is 24.2. The maximum atomic E-state index is 13.0. The van der Waals surface area contributed by atoms with E-state index in [1.165, 1.54) is 16.4 Å². The van der Waals surface area contributed by atoms with Crippen molar-refractivity contribution in [2.75, 3.05) is 32.7 Å². The number of amides is 1. The van der Waals surface area contributed by atoms with E-state index in [2.05, 4.69) is 19.2 Å². The molecule has 0 spiro atoms. The van der Waals surface area contributed by atoms with Crippen LogP contribution in [0, 0.1) is 17.2 Å². The lowest BCUT2D eigenvalue weighted by Gasteiger charge is -2.34. The van der Waals surface area contributed by atoms with E-state index in [0.717, 1.165) is 5.56 Å². The summed E-state index contributed by atoms with van der Waals surface area (Å²) in [5.74, 6) is 0.199. The van der Waals surface area contributed by atoms with Crippen LogP contribution in [0.5, 0.6) is 0 Å². The van der Waals surface area contributed by atoms with E-state index in [4.69, 9.17) is 11.6 Å². The molecule has 1 heterocycles. The third kappa shape index (κ3) is 5.48. The fourth-order valence-electron chi connectivity index (χ4n) is 3.82. The Labute approximate surface area is 194 Å². The lowest BCUT2D eigenvalue weighted by Crippen LogP contribution is -2.52. The van der Waals surface area contributed by atoms with Crippen molar-refractivity contribution in [3.63, 3.8) is 0 Å². The number of sulfonamides is 1. The van der Waals surface area contributed by atoms with Crippen LogP contribution in [-0.4, -0.2) is 56.3 Å². The summed E-state index contributed by atoms with van der Waals surface area (Å²) in [7, 11) is -3.78. The third-order valence-electron chi connectivity index (χ3n) is 5.59. The van der Waals surface area contributed by atoms with Crippen molar-refractivity contribution in [1.82, 2.24) is 14.5 Å². The highest BCUT2D eigenvalue weighted by atomic mass is 35.5. The fourth-order valence-corrected chi connectivity index (χ4v) is 5.51. The Kier molecular flexibility index (Phi) is 7.91. The average molecular weight is 475 g/mol. The molecule has 0 radical (unpaired) electrons. The van der Waals surface area contributed by atoms with Crippen LogP contribution in [-0.2, 0) is 14.8 Å². The Balaban J connectivity index is 1.59. The normalized spacial score (nSPS) is 16.0. The molecule has 2 aromatic rings. The van der Waals surface area contributed by atoms with Gasteiger partial charge in [0, 0.05) is 37.2 Å². The summed E-state index contributed by atoms with van der Waals surface area (Å²) in [5.41, 5.74) is 1.18. The topological polar surface area (TPSA) is 93.5 Å². The molecule has 1 aliphatic heterocycles. The second kappa shape index (κ2) is 10.5. The van der Waals surface area contributed by atoms with Crippen molar-refractivity contribution in [2.45, 2.75) is 24.8 Å². The van der Waals surface area contributed by atoms with Crippen LogP contribution in [0.2, 0.25) is 5.02 Å². The zero-order valence-electron chi connectivity index (χ0n) is 18.2. The molecule has 7 nitrogen and oxygen atoms in total. The van der Waals surface area contributed by atoms with Gasteiger partial charge in [-0.25, -0.2) is 8.42 Å². The van der Waals surface area contributed by atoms with E-state index in [1.54, 1.807) is 17.0 Å². The lowest BCUT2D eigenvalue weighted by molar-refractivity contribution is -0.131. The summed E-state index contributed by atoms with van der Waals surface area (Å²) in [6.07, 6.45) is 0. The van der Waals surface area contributed by atoms with Crippen LogP contribution in [0.1, 0.15) is 31.0 Å². The number of rotatable bonds is 7. The van der Waals surface area contributed by atoms with Gasteiger partial charge in [0.25, 0.3) is 0 Å². The number of benzene rings is 2. The monoisotopic (exact) mass is 474 g/mol. The molecule has 0 bridgehead atoms. The minimum absolute atomic E-state index is 0.000340. The van der Waals surface area contributed by atoms with E-state index >= 15 is 0 Å². The van der Waals surface area contributed by atoms with E-state index in [1.807, 2.05) is 30.3 Å². The molecule has 0 saturated carbocycles. The van der Waals surface area contributed by atoms with Gasteiger partial charge in [-0.2, -0.15) is 9.57 Å². The van der Waals surface area contributed by atoms with Crippen LogP contribution >= 0.6 is 11.6 Å². The summed E-state index contributed by atoms with van der Waals surface area (Å²) in [4.78, 5) is 14.4. The van der Waals surface area contributed by atoms with Gasteiger partial charge >= 0.3 is 0 Å². The second-order valence-corrected chi connectivity index (χ2v) is 10.4. The Bertz CT molecular complexity index is 1090. The zero-order valence-corrected chi connectivity index (χ0v) is 19.7. The van der Waals surface area contributed by atoms with E-state index in [0.29, 0.717) is 18.1 Å². The third-order valence-corrected chi connectivity index (χ3v) is 7.79. The standard InChI is InChI=1S/C23H27ClN4O3S/c1-17(2)23(18-7-9-20(24)10-8-18)26-16-22(29)27-11-13-28(14-12-27)32(30,31)21-6-4-3-5-19(21)15-25/h3-10,17,23,26H,11-14,16H2,1-2H3. The zero-order chi connectivity index (χ0) is 23.3. The quantitative estimate of drug-likeness (QED) is 0.665. The number of piperazine rings is 1. The number of hydrogen-bond acceptors (Lipinski definition) is 5. The molecule has 1 atom stereocenters. The Morgan fingerprint density at radius 3 is 2.31 bits per heavy atom. The van der Waals surface area contributed by atoms with Crippen molar-refractivity contribution >= 4 is 27.5 Å². The molecule has 0 aromatic heterocycles. The summed E-state index contributed by atoms with van der Waals surface area (Å²) in [6, 6.07) is 15.7. The van der Waals surface area contributed by atoms with Gasteiger partial charge in [0.2, 0.25) is 15.9 Å². The van der Waals surface area contributed by atoms with Gasteiger partial charge in [-0.15, -0.1) is 0 Å². The van der Waals surface area contributed by atoms with Crippen LogP contribution < -0.4 is 5.32 Å². The molecule has 1 N–H and O–H groups in total. The molecule has 170 valence electrons. The van der Waals surface area contributed by atoms with Crippen molar-refractivity contribution in [3.05, 3.63) is 64.7 Å². The summed E-state index contributed by atoms with van der Waals surface area (Å²) in [5, 5.41) is 13.2. The molecule has 3 rings (SSSR count). The highest BCUT2D eigenvalue weighted by Crippen LogP contribution is 2.24. The smallest absolute Gasteiger partial charge is 0.244 e. The summed E-state index contributed by atoms with van der Waals surface area (Å²) >= 11 is 5.98. The first-order valence-corrected chi connectivity index (χ1v) is 12.3. The van der Waals surface area contributed by atoms with Crippen molar-refractivity contribution in [1.29, 1.82) is 5.26 Å². The Hall–Kier alpha value is -2.44. The van der Waals surface area contributed by atoms with Gasteiger partial charge in [-0.1, -0.05) is 49.7 Å². The average Bonchev–Trinajstić information content (AvgIpc) is 2.80. The molecule has 2 aromatic carbocycles. The van der Waals surface area contributed by atoms with Gasteiger partial charge in [-0.05, 0) is 35.7 Å². The minimum atomic E-state index is -3.78. The molecule has 1 saturated heterocycles. The highest BCUT2D eigenvalue weighted by Gasteiger charge is 2.31. The maximum Gasteiger partial charge on any atom is 0.244 e. The first-order valence-electron chi connectivity index (χ1n) is 10.5. The van der Waals surface area contributed by atoms with Crippen molar-refractivity contribution in [2.24, 2.45) is 5.92 Å². The molecular weight excluding hydrogens is 448 g/mol. The Morgan fingerprint density at radius 2 is 1.72 bits per heavy atom. The Morgan fingerprint density at radius 1 is 1.09 bits per heavy atom. The van der Waals surface area contributed by atoms with Gasteiger partial charge in [-0.3, -0.25) is 4.79 Å². The molecule has 1 unspecified atom stereocenters. The van der Waals surface area contributed by atoms with E-state index in [9.17, 15) is 18.5 Å². The van der Waals surface area contributed by atoms with Gasteiger partial charge in [0.15, 0.2) is 0 Å². The van der Waals surface area contributed by atoms with Gasteiger partial charge in [0.1, 0.15) is 6.07 Å². The number of hydrogen-bond donors (Lipinski definition) is 1. The van der Waals surface area contributed by atoms with Crippen LogP contribution in [0.25, 0.3) is 0 Å². The van der Waals surface area contributed by atoms with Gasteiger partial charge in [0.05, 0.1) is 17.0 Å². The predicted octanol–water partition coefficient (Wildman–Crippen LogP) is 3.03. The van der Waals surface area contributed by atoms with E-state index < -0.39 is 10.0 Å². The number of carbonyl (C=O) groups is 1. The molecule has 1 aliphatic rings. The van der Waals surface area contributed by atoms with Gasteiger partial charge < -0.3 is 10.2 Å². The SMILES string of the molecule is CC(C)C(NCC(=O)N1CCN(S(=O)(=O)c2ccccc2C#N)CC1)c1ccc(Cl)cc1. The number of carbonyl (C=O) groups excluding carboxylic acids is 1. The van der Waals surface area contributed by atoms with Crippen LogP contribution in [0.4, 0.5) is 0 Å².